The Morgan fingerprint density at radius 2 is 2.11 bits per heavy atom. The molecule has 1 aliphatic carbocycles. The number of halogens is 1. The van der Waals surface area contributed by atoms with Crippen LogP contribution >= 0.6 is 15.9 Å². The number of rotatable bonds is 2. The van der Waals surface area contributed by atoms with Crippen LogP contribution < -0.4 is 4.90 Å². The van der Waals surface area contributed by atoms with E-state index in [4.69, 9.17) is 4.98 Å². The van der Waals surface area contributed by atoms with Gasteiger partial charge < -0.3 is 4.90 Å². The predicted molar refractivity (Wildman–Crippen MR) is 76.8 cm³/mol. The average molecular weight is 310 g/mol. The third kappa shape index (κ3) is 2.27. The molecule has 0 spiro atoms. The van der Waals surface area contributed by atoms with Crippen molar-refractivity contribution in [3.8, 4) is 0 Å². The van der Waals surface area contributed by atoms with Crippen LogP contribution in [0.5, 0.6) is 0 Å². The second-order valence-corrected chi connectivity index (χ2v) is 6.23. The molecule has 0 N–H and O–H groups in total. The average Bonchev–Trinajstić information content (AvgIpc) is 2.85. The Balaban J connectivity index is 1.90. The van der Waals surface area contributed by atoms with Gasteiger partial charge in [-0.1, -0.05) is 13.3 Å². The SMILES string of the molecule is CCc1nc(Br)cc(N2CCCC3CCCC32)n1. The minimum Gasteiger partial charge on any atom is -0.353 e. The number of aromatic nitrogens is 2. The van der Waals surface area contributed by atoms with Crippen LogP contribution in [0.3, 0.4) is 0 Å². The van der Waals surface area contributed by atoms with E-state index in [1.165, 1.54) is 32.1 Å². The number of fused-ring (bicyclic) bond motifs is 1. The smallest absolute Gasteiger partial charge is 0.133 e. The Bertz CT molecular complexity index is 435. The number of hydrogen-bond acceptors (Lipinski definition) is 3. The van der Waals surface area contributed by atoms with E-state index >= 15 is 0 Å². The zero-order valence-corrected chi connectivity index (χ0v) is 12.5. The minimum absolute atomic E-state index is 0.727. The summed E-state index contributed by atoms with van der Waals surface area (Å²) in [6.07, 6.45) is 7.76. The summed E-state index contributed by atoms with van der Waals surface area (Å²) in [4.78, 5) is 11.7. The lowest BCUT2D eigenvalue weighted by Gasteiger charge is -2.38. The molecule has 0 aromatic carbocycles. The highest BCUT2D eigenvalue weighted by atomic mass is 79.9. The Labute approximate surface area is 117 Å². The van der Waals surface area contributed by atoms with Crippen molar-refractivity contribution >= 4 is 21.7 Å². The van der Waals surface area contributed by atoms with Gasteiger partial charge in [0, 0.05) is 25.1 Å². The number of aryl methyl sites for hydroxylation is 1. The first-order valence-electron chi connectivity index (χ1n) is 7.08. The number of piperidine rings is 1. The van der Waals surface area contributed by atoms with E-state index in [0.29, 0.717) is 0 Å². The lowest BCUT2D eigenvalue weighted by atomic mass is 9.92. The molecule has 1 aliphatic heterocycles. The quantitative estimate of drug-likeness (QED) is 0.782. The van der Waals surface area contributed by atoms with Crippen molar-refractivity contribution in [2.75, 3.05) is 11.4 Å². The summed E-state index contributed by atoms with van der Waals surface area (Å²) < 4.78 is 0.921. The van der Waals surface area contributed by atoms with Gasteiger partial charge in [-0.25, -0.2) is 9.97 Å². The highest BCUT2D eigenvalue weighted by molar-refractivity contribution is 9.10. The first-order valence-corrected chi connectivity index (χ1v) is 7.87. The Hall–Kier alpha value is -0.640. The summed E-state index contributed by atoms with van der Waals surface area (Å²) in [5, 5.41) is 0. The Morgan fingerprint density at radius 3 is 2.94 bits per heavy atom. The van der Waals surface area contributed by atoms with E-state index in [-0.39, 0.29) is 0 Å². The van der Waals surface area contributed by atoms with Crippen molar-refractivity contribution < 1.29 is 0 Å². The molecule has 2 heterocycles. The number of anilines is 1. The van der Waals surface area contributed by atoms with Gasteiger partial charge in [-0.3, -0.25) is 0 Å². The molecule has 2 atom stereocenters. The second-order valence-electron chi connectivity index (χ2n) is 5.41. The van der Waals surface area contributed by atoms with Gasteiger partial charge >= 0.3 is 0 Å². The van der Waals surface area contributed by atoms with Crippen molar-refractivity contribution in [1.82, 2.24) is 9.97 Å². The monoisotopic (exact) mass is 309 g/mol. The van der Waals surface area contributed by atoms with Gasteiger partial charge in [0.1, 0.15) is 16.2 Å². The van der Waals surface area contributed by atoms with E-state index in [0.717, 1.165) is 41.2 Å². The molecule has 1 aromatic heterocycles. The molecule has 1 saturated carbocycles. The van der Waals surface area contributed by atoms with Gasteiger partial charge in [0.25, 0.3) is 0 Å². The van der Waals surface area contributed by atoms with Crippen molar-refractivity contribution in [3.63, 3.8) is 0 Å². The summed E-state index contributed by atoms with van der Waals surface area (Å²) in [5.41, 5.74) is 0. The van der Waals surface area contributed by atoms with Gasteiger partial charge in [-0.2, -0.15) is 0 Å². The summed E-state index contributed by atoms with van der Waals surface area (Å²) in [6, 6.07) is 2.81. The number of nitrogens with zero attached hydrogens (tertiary/aromatic N) is 3. The van der Waals surface area contributed by atoms with Crippen LogP contribution in [0.1, 0.15) is 44.9 Å². The largest absolute Gasteiger partial charge is 0.353 e. The molecule has 4 heteroatoms. The molecule has 1 saturated heterocycles. The highest BCUT2D eigenvalue weighted by Crippen LogP contribution is 2.38. The lowest BCUT2D eigenvalue weighted by Crippen LogP contribution is -2.43. The van der Waals surface area contributed by atoms with Crippen molar-refractivity contribution in [3.05, 3.63) is 16.5 Å². The summed E-state index contributed by atoms with van der Waals surface area (Å²) >= 11 is 3.52. The van der Waals surface area contributed by atoms with Gasteiger partial charge in [-0.05, 0) is 47.5 Å². The maximum Gasteiger partial charge on any atom is 0.133 e. The van der Waals surface area contributed by atoms with Gasteiger partial charge in [0.05, 0.1) is 0 Å². The van der Waals surface area contributed by atoms with Crippen molar-refractivity contribution in [2.24, 2.45) is 5.92 Å². The maximum absolute atomic E-state index is 4.72. The molecule has 0 radical (unpaired) electrons. The zero-order valence-electron chi connectivity index (χ0n) is 10.9. The van der Waals surface area contributed by atoms with Crippen molar-refractivity contribution in [2.45, 2.75) is 51.5 Å². The van der Waals surface area contributed by atoms with E-state index < -0.39 is 0 Å². The molecule has 3 rings (SSSR count). The van der Waals surface area contributed by atoms with E-state index in [1.807, 2.05) is 0 Å². The molecular formula is C14H20BrN3. The van der Waals surface area contributed by atoms with Crippen LogP contribution in [0.4, 0.5) is 5.82 Å². The molecular weight excluding hydrogens is 290 g/mol. The van der Waals surface area contributed by atoms with Crippen LogP contribution in [0.25, 0.3) is 0 Å². The van der Waals surface area contributed by atoms with Crippen LogP contribution in [0.2, 0.25) is 0 Å². The Kier molecular flexibility index (Phi) is 3.55. The lowest BCUT2D eigenvalue weighted by molar-refractivity contribution is 0.360. The summed E-state index contributed by atoms with van der Waals surface area (Å²) in [7, 11) is 0. The molecule has 98 valence electrons. The van der Waals surface area contributed by atoms with Gasteiger partial charge in [-0.15, -0.1) is 0 Å². The van der Waals surface area contributed by atoms with Crippen molar-refractivity contribution in [1.29, 1.82) is 0 Å². The van der Waals surface area contributed by atoms with E-state index in [2.05, 4.69) is 38.8 Å². The zero-order chi connectivity index (χ0) is 12.5. The molecule has 18 heavy (non-hydrogen) atoms. The molecule has 0 amide bonds. The normalized spacial score (nSPS) is 27.3. The molecule has 1 aromatic rings. The van der Waals surface area contributed by atoms with E-state index in [1.54, 1.807) is 0 Å². The van der Waals surface area contributed by atoms with Crippen LogP contribution in [0.15, 0.2) is 10.7 Å². The fraction of sp³-hybridized carbons (Fsp3) is 0.714. The van der Waals surface area contributed by atoms with Crippen LogP contribution in [-0.2, 0) is 6.42 Å². The summed E-state index contributed by atoms with van der Waals surface area (Å²) in [6.45, 7) is 3.27. The highest BCUT2D eigenvalue weighted by Gasteiger charge is 2.35. The van der Waals surface area contributed by atoms with E-state index in [9.17, 15) is 0 Å². The molecule has 2 unspecified atom stereocenters. The molecule has 2 fully saturated rings. The van der Waals surface area contributed by atoms with Crippen LogP contribution in [-0.4, -0.2) is 22.6 Å². The van der Waals surface area contributed by atoms with Crippen LogP contribution in [0, 0.1) is 5.92 Å². The second kappa shape index (κ2) is 5.16. The molecule has 3 nitrogen and oxygen atoms in total. The fourth-order valence-electron chi connectivity index (χ4n) is 3.50. The molecule has 2 aliphatic rings. The third-order valence-electron chi connectivity index (χ3n) is 4.33. The topological polar surface area (TPSA) is 29.0 Å². The third-order valence-corrected chi connectivity index (χ3v) is 4.74. The Morgan fingerprint density at radius 1 is 1.28 bits per heavy atom. The first kappa shape index (κ1) is 12.4. The number of hydrogen-bond donors (Lipinski definition) is 0. The standard InChI is InChI=1S/C14H20BrN3/c1-2-13-16-12(15)9-14(17-13)18-8-4-6-10-5-3-7-11(10)18/h9-11H,2-8H2,1H3. The fourth-order valence-corrected chi connectivity index (χ4v) is 3.90. The maximum atomic E-state index is 4.72. The first-order chi connectivity index (χ1) is 8.78. The molecule has 0 bridgehead atoms. The predicted octanol–water partition coefficient (Wildman–Crippen LogP) is 3.57. The summed E-state index contributed by atoms with van der Waals surface area (Å²) in [5.74, 6) is 2.97. The minimum atomic E-state index is 0.727. The van der Waals surface area contributed by atoms with Gasteiger partial charge in [0.2, 0.25) is 0 Å². The van der Waals surface area contributed by atoms with Gasteiger partial charge in [0.15, 0.2) is 0 Å².